The Morgan fingerprint density at radius 3 is 1.46 bits per heavy atom. The van der Waals surface area contributed by atoms with Crippen LogP contribution in [0.2, 0.25) is 0 Å². The highest BCUT2D eigenvalue weighted by atomic mass is 79.9. The van der Waals surface area contributed by atoms with Crippen LogP contribution >= 0.6 is 15.9 Å². The summed E-state index contributed by atoms with van der Waals surface area (Å²) in [5.74, 6) is 0.494. The molecule has 0 saturated heterocycles. The first-order valence-electron chi connectivity index (χ1n) is 34.4. The van der Waals surface area contributed by atoms with Crippen molar-refractivity contribution < 1.29 is 25.3 Å². The number of benzene rings is 7. The van der Waals surface area contributed by atoms with E-state index in [0.29, 0.717) is 71.1 Å². The lowest BCUT2D eigenvalue weighted by Crippen LogP contribution is -2.38. The van der Waals surface area contributed by atoms with Crippen molar-refractivity contribution in [1.29, 1.82) is 0 Å². The summed E-state index contributed by atoms with van der Waals surface area (Å²) in [5, 5.41) is 4.23. The molecule has 5 aliphatic rings. The maximum Gasteiger partial charge on any atom is 0.332 e. The summed E-state index contributed by atoms with van der Waals surface area (Å²) in [6, 6.07) is 45.5. The molecule has 0 bridgehead atoms. The molecule has 25 heteroatoms. The third-order valence-corrected chi connectivity index (χ3v) is 25.6. The van der Waals surface area contributed by atoms with Crippen molar-refractivity contribution in [2.24, 2.45) is 33.2 Å². The number of fused-ring (bicyclic) bond motifs is 6. The highest BCUT2D eigenvalue weighted by Gasteiger charge is 2.40. The Bertz CT molecular complexity index is 5520. The van der Waals surface area contributed by atoms with Crippen LogP contribution in [0.1, 0.15) is 92.4 Å². The SMILES string of the molecule is Cc1ccc(S(=O)(=O)N2CCc3ccc(C)cc32)cc1.Cc1ccc(S(=O)(=O)N2c3cc(C)ccc3CC2CCCBr)cc1.Cc1ccc(S(=O)(=O)N2c3cc(C)ccc3CC2CCCn2cnc3c2c(=O)n(C)c(=O)n3C)cc1.Cc1ccc2c(c1)NCC2.Cn1c2c(c(=O)n(C)c1=O)CC=N2. The Balaban J connectivity index is 0.000000138. The molecule has 3 aromatic heterocycles. The second-order valence-electron chi connectivity index (χ2n) is 27.1. The molecule has 0 aliphatic carbocycles. The van der Waals surface area contributed by atoms with Gasteiger partial charge in [0.2, 0.25) is 0 Å². The first kappa shape index (κ1) is 74.7. The van der Waals surface area contributed by atoms with Crippen molar-refractivity contribution >= 4 is 91.9 Å². The maximum absolute atomic E-state index is 13.8. The molecule has 103 heavy (non-hydrogen) atoms. The molecule has 8 heterocycles. The van der Waals surface area contributed by atoms with Crippen LogP contribution < -0.4 is 40.7 Å². The third-order valence-electron chi connectivity index (χ3n) is 19.4. The number of alkyl halides is 1. The molecule has 1 N–H and O–H groups in total. The first-order valence-corrected chi connectivity index (χ1v) is 39.9. The van der Waals surface area contributed by atoms with Gasteiger partial charge in [-0.25, -0.2) is 44.8 Å². The van der Waals surface area contributed by atoms with Crippen LogP contribution in [-0.4, -0.2) is 89.8 Å². The molecule has 7 aromatic carbocycles. The topological polar surface area (TPSA) is 242 Å². The second-order valence-corrected chi connectivity index (χ2v) is 33.4. The largest absolute Gasteiger partial charge is 0.384 e. The van der Waals surface area contributed by atoms with E-state index >= 15 is 0 Å². The molecule has 0 fully saturated rings. The second kappa shape index (κ2) is 30.9. The van der Waals surface area contributed by atoms with Gasteiger partial charge in [0.15, 0.2) is 11.2 Å². The number of rotatable bonds is 13. The summed E-state index contributed by atoms with van der Waals surface area (Å²) in [6.45, 7) is 16.0. The zero-order valence-corrected chi connectivity index (χ0v) is 64.1. The molecule has 0 amide bonds. The zero-order chi connectivity index (χ0) is 74.0. The molecule has 540 valence electrons. The Kier molecular flexibility index (Phi) is 22.4. The fraction of sp³-hybridized carbons (Fsp3) is 0.333. The molecule has 0 saturated carbocycles. The quantitative estimate of drug-likeness (QED) is 0.106. The Hall–Kier alpha value is -9.43. The van der Waals surface area contributed by atoms with Gasteiger partial charge in [0.25, 0.3) is 41.2 Å². The maximum atomic E-state index is 13.8. The van der Waals surface area contributed by atoms with Crippen LogP contribution in [0.15, 0.2) is 191 Å². The van der Waals surface area contributed by atoms with E-state index in [-0.39, 0.29) is 28.2 Å². The Morgan fingerprint density at radius 2 is 0.932 bits per heavy atom. The van der Waals surface area contributed by atoms with E-state index < -0.39 is 41.3 Å². The Labute approximate surface area is 610 Å². The van der Waals surface area contributed by atoms with Crippen LogP contribution in [0.3, 0.4) is 0 Å². The van der Waals surface area contributed by atoms with E-state index in [1.807, 2.05) is 120 Å². The third kappa shape index (κ3) is 15.6. The first-order chi connectivity index (χ1) is 49.0. The molecular formula is C78H88BrN11O10S3. The van der Waals surface area contributed by atoms with E-state index in [9.17, 15) is 44.4 Å². The number of imidazole rings is 1. The normalized spacial score (nSPS) is 15.3. The van der Waals surface area contributed by atoms with Crippen molar-refractivity contribution in [3.63, 3.8) is 0 Å². The van der Waals surface area contributed by atoms with Gasteiger partial charge in [-0.3, -0.25) is 40.8 Å². The highest BCUT2D eigenvalue weighted by molar-refractivity contribution is 9.09. The predicted molar refractivity (Wildman–Crippen MR) is 414 cm³/mol. The van der Waals surface area contributed by atoms with Gasteiger partial charge < -0.3 is 9.88 Å². The van der Waals surface area contributed by atoms with Crippen molar-refractivity contribution in [3.05, 3.63) is 260 Å². The number of halogens is 1. The molecule has 2 unspecified atom stereocenters. The van der Waals surface area contributed by atoms with Gasteiger partial charge in [0, 0.05) is 83.6 Å². The molecule has 5 aliphatic heterocycles. The van der Waals surface area contributed by atoms with Crippen molar-refractivity contribution in [3.8, 4) is 0 Å². The number of nitrogens with zero attached hydrogens (tertiary/aromatic N) is 10. The van der Waals surface area contributed by atoms with Gasteiger partial charge in [-0.2, -0.15) is 0 Å². The number of nitrogens with one attached hydrogen (secondary N) is 1. The number of aliphatic imine (C=N–C) groups is 1. The van der Waals surface area contributed by atoms with E-state index in [2.05, 4.69) is 68.5 Å². The summed E-state index contributed by atoms with van der Waals surface area (Å²) in [6.07, 6.45) is 10.2. The van der Waals surface area contributed by atoms with Gasteiger partial charge in [-0.05, 0) is 205 Å². The lowest BCUT2D eigenvalue weighted by molar-refractivity contribution is 0.534. The fourth-order valence-electron chi connectivity index (χ4n) is 13.7. The van der Waals surface area contributed by atoms with Crippen molar-refractivity contribution in [2.75, 3.05) is 36.7 Å². The summed E-state index contributed by atoms with van der Waals surface area (Å²) < 4.78 is 91.1. The summed E-state index contributed by atoms with van der Waals surface area (Å²) in [5.41, 5.74) is 16.0. The number of aryl methyl sites for hydroxylation is 9. The zero-order valence-electron chi connectivity index (χ0n) is 60.0. The van der Waals surface area contributed by atoms with Crippen molar-refractivity contribution in [2.45, 2.75) is 140 Å². The van der Waals surface area contributed by atoms with E-state index in [1.165, 1.54) is 50.8 Å². The summed E-state index contributed by atoms with van der Waals surface area (Å²) >= 11 is 3.46. The molecule has 15 rings (SSSR count). The average molecular weight is 1520 g/mol. The molecular weight excluding hydrogens is 1430 g/mol. The molecule has 10 aromatic rings. The Morgan fingerprint density at radius 1 is 0.485 bits per heavy atom. The molecule has 21 nitrogen and oxygen atoms in total. The van der Waals surface area contributed by atoms with Crippen LogP contribution in [-0.2, 0) is 96.9 Å². The minimum Gasteiger partial charge on any atom is -0.384 e. The molecule has 2 atom stereocenters. The smallest absolute Gasteiger partial charge is 0.332 e. The van der Waals surface area contributed by atoms with Crippen LogP contribution in [0, 0.1) is 48.5 Å². The monoisotopic (exact) mass is 1510 g/mol. The number of sulfonamides is 3. The summed E-state index contributed by atoms with van der Waals surface area (Å²) in [7, 11) is -4.62. The lowest BCUT2D eigenvalue weighted by atomic mass is 10.1. The van der Waals surface area contributed by atoms with Crippen molar-refractivity contribution in [1.82, 2.24) is 27.8 Å². The van der Waals surface area contributed by atoms with E-state index in [4.69, 9.17) is 0 Å². The van der Waals surface area contributed by atoms with Crippen LogP contribution in [0.25, 0.3) is 11.2 Å². The molecule has 0 radical (unpaired) electrons. The van der Waals surface area contributed by atoms with Gasteiger partial charge in [-0.15, -0.1) is 0 Å². The van der Waals surface area contributed by atoms with Crippen LogP contribution in [0.4, 0.5) is 28.6 Å². The van der Waals surface area contributed by atoms with E-state index in [1.54, 1.807) is 76.2 Å². The predicted octanol–water partition coefficient (Wildman–Crippen LogP) is 11.6. The minimum atomic E-state index is -3.75. The van der Waals surface area contributed by atoms with E-state index in [0.717, 1.165) is 114 Å². The number of anilines is 4. The number of hydrogen-bond acceptors (Lipinski definition) is 13. The average Bonchev–Trinajstić information content (AvgIpc) is 1.66. The number of hydrogen-bond donors (Lipinski definition) is 1. The lowest BCUT2D eigenvalue weighted by Gasteiger charge is -2.27. The molecule has 0 spiro atoms. The summed E-state index contributed by atoms with van der Waals surface area (Å²) in [4.78, 5) is 57.1. The van der Waals surface area contributed by atoms with Gasteiger partial charge in [0.1, 0.15) is 5.82 Å². The van der Waals surface area contributed by atoms with Gasteiger partial charge in [0.05, 0.1) is 43.6 Å². The minimum absolute atomic E-state index is 0.00865. The van der Waals surface area contributed by atoms with Gasteiger partial charge in [-0.1, -0.05) is 118 Å². The van der Waals surface area contributed by atoms with Gasteiger partial charge >= 0.3 is 11.4 Å². The fourth-order valence-corrected chi connectivity index (χ4v) is 18.9. The van der Waals surface area contributed by atoms with Crippen LogP contribution in [0.5, 0.6) is 0 Å². The highest BCUT2D eigenvalue weighted by Crippen LogP contribution is 2.41. The number of aromatic nitrogens is 6. The standard InChI is InChI=1S/C26H29N5O4S.C19H22BrNO2S.C16H17NO2S.C9H11N.C8H9N3O2/c1-17-8-11-21(12-9-17)36(34,35)31-20(15-19-10-7-18(2)14-22(19)31)6-5-13-30-16-27-24-23(30)25(32)29(4)26(33)28(24)3;1-14-6-9-18(10-7-14)24(22,23)21-17(4-3-11-20)13-16-8-5-15(2)12-19(16)21;1-12-4-7-15(8-5-12)20(18,19)17-10-9-14-6-3-13(2)11-16(14)17;1-7-2-3-8-4-5-10-9(8)6-7;1-10-6-5(3-4-9-6)7(12)11(2)8(10)13/h7-12,14,16,20H,5-6,13,15H2,1-4H3;5-10,12,17H,3-4,11,13H2,1-2H3;3-8,11H,9-10H2,1-2H3;2-3,6,10H,4-5H2,1H3;4H,3H2,1-2H3.